The maximum atomic E-state index is 12.0. The molecular formula is C15H14N6O. The predicted octanol–water partition coefficient (Wildman–Crippen LogP) is 1.56. The van der Waals surface area contributed by atoms with Crippen LogP contribution in [0.1, 0.15) is 0 Å². The average molecular weight is 294 g/mol. The second-order valence-electron chi connectivity index (χ2n) is 4.64. The number of rotatable bonds is 4. The number of amides is 1. The molecule has 110 valence electrons. The molecule has 0 bridgehead atoms. The fourth-order valence-corrected chi connectivity index (χ4v) is 1.94. The van der Waals surface area contributed by atoms with E-state index in [9.17, 15) is 4.79 Å². The number of carbonyl (C=O) groups excluding carboxylic acids is 1. The molecule has 0 atom stereocenters. The molecule has 0 unspecified atom stereocenters. The molecule has 0 saturated heterocycles. The number of carbonyl (C=O) groups is 1. The van der Waals surface area contributed by atoms with Gasteiger partial charge >= 0.3 is 0 Å². The Morgan fingerprint density at radius 3 is 2.59 bits per heavy atom. The number of nitrogens with two attached hydrogens (primary N) is 1. The van der Waals surface area contributed by atoms with Gasteiger partial charge < -0.3 is 11.1 Å². The van der Waals surface area contributed by atoms with Crippen molar-refractivity contribution < 1.29 is 4.79 Å². The molecule has 3 aromatic rings. The normalized spacial score (nSPS) is 10.4. The van der Waals surface area contributed by atoms with Crippen molar-refractivity contribution in [3.63, 3.8) is 0 Å². The predicted molar refractivity (Wildman–Crippen MR) is 82.7 cm³/mol. The molecule has 22 heavy (non-hydrogen) atoms. The molecule has 0 saturated carbocycles. The van der Waals surface area contributed by atoms with Gasteiger partial charge in [0.1, 0.15) is 6.54 Å². The van der Waals surface area contributed by atoms with Gasteiger partial charge in [0.25, 0.3) is 0 Å². The molecule has 0 aliphatic rings. The van der Waals surface area contributed by atoms with Gasteiger partial charge in [-0.3, -0.25) is 4.79 Å². The number of benzene rings is 2. The van der Waals surface area contributed by atoms with Gasteiger partial charge in [0.05, 0.1) is 11.4 Å². The Balaban J connectivity index is 1.68. The quantitative estimate of drug-likeness (QED) is 0.711. The van der Waals surface area contributed by atoms with E-state index in [1.165, 1.54) is 4.80 Å². The molecule has 7 heteroatoms. The minimum absolute atomic E-state index is 0.0336. The Hall–Kier alpha value is -3.22. The number of nitrogens with zero attached hydrogens (tertiary/aromatic N) is 4. The second-order valence-corrected chi connectivity index (χ2v) is 4.64. The van der Waals surface area contributed by atoms with Crippen molar-refractivity contribution in [1.82, 2.24) is 20.2 Å². The van der Waals surface area contributed by atoms with Gasteiger partial charge in [0, 0.05) is 5.56 Å². The number of aromatic nitrogens is 4. The van der Waals surface area contributed by atoms with E-state index >= 15 is 0 Å². The molecule has 0 aliphatic carbocycles. The molecule has 1 heterocycles. The summed E-state index contributed by atoms with van der Waals surface area (Å²) in [6, 6.07) is 16.5. The first-order valence-corrected chi connectivity index (χ1v) is 6.70. The maximum Gasteiger partial charge on any atom is 0.248 e. The van der Waals surface area contributed by atoms with Crippen molar-refractivity contribution in [3.8, 4) is 11.4 Å². The monoisotopic (exact) mass is 294 g/mol. The molecule has 3 N–H and O–H groups in total. The molecule has 0 fully saturated rings. The lowest BCUT2D eigenvalue weighted by atomic mass is 10.2. The van der Waals surface area contributed by atoms with Gasteiger partial charge in [-0.25, -0.2) is 0 Å². The van der Waals surface area contributed by atoms with Gasteiger partial charge in [-0.1, -0.05) is 42.5 Å². The third kappa shape index (κ3) is 3.09. The Kier molecular flexibility index (Phi) is 3.78. The second kappa shape index (κ2) is 6.04. The lowest BCUT2D eigenvalue weighted by Gasteiger charge is -2.06. The molecule has 0 spiro atoms. The van der Waals surface area contributed by atoms with Crippen LogP contribution in [0.3, 0.4) is 0 Å². The first kappa shape index (κ1) is 13.7. The molecule has 0 radical (unpaired) electrons. The summed E-state index contributed by atoms with van der Waals surface area (Å²) >= 11 is 0. The summed E-state index contributed by atoms with van der Waals surface area (Å²) in [7, 11) is 0. The van der Waals surface area contributed by atoms with E-state index in [1.54, 1.807) is 24.3 Å². The summed E-state index contributed by atoms with van der Waals surface area (Å²) in [5.74, 6) is 0.211. The highest BCUT2D eigenvalue weighted by molar-refractivity contribution is 5.93. The smallest absolute Gasteiger partial charge is 0.248 e. The van der Waals surface area contributed by atoms with E-state index in [1.807, 2.05) is 30.3 Å². The Labute approximate surface area is 126 Å². The molecule has 0 aliphatic heterocycles. The van der Waals surface area contributed by atoms with Crippen molar-refractivity contribution >= 4 is 17.3 Å². The average Bonchev–Trinajstić information content (AvgIpc) is 2.99. The molecule has 1 amide bonds. The van der Waals surface area contributed by atoms with E-state index in [4.69, 9.17) is 5.73 Å². The summed E-state index contributed by atoms with van der Waals surface area (Å²) in [4.78, 5) is 13.2. The first-order chi connectivity index (χ1) is 10.7. The third-order valence-electron chi connectivity index (χ3n) is 3.00. The maximum absolute atomic E-state index is 12.0. The highest BCUT2D eigenvalue weighted by Gasteiger charge is 2.10. The van der Waals surface area contributed by atoms with Crippen LogP contribution in [0.5, 0.6) is 0 Å². The van der Waals surface area contributed by atoms with Crippen LogP contribution in [-0.2, 0) is 11.3 Å². The molecule has 1 aromatic heterocycles. The fraction of sp³-hybridized carbons (Fsp3) is 0.0667. The summed E-state index contributed by atoms with van der Waals surface area (Å²) in [5, 5.41) is 14.7. The van der Waals surface area contributed by atoms with Crippen molar-refractivity contribution in [2.45, 2.75) is 6.54 Å². The van der Waals surface area contributed by atoms with Crippen LogP contribution in [0.25, 0.3) is 11.4 Å². The zero-order chi connectivity index (χ0) is 15.4. The van der Waals surface area contributed by atoms with E-state index in [2.05, 4.69) is 20.7 Å². The largest absolute Gasteiger partial charge is 0.397 e. The van der Waals surface area contributed by atoms with Gasteiger partial charge in [-0.15, -0.1) is 10.2 Å². The van der Waals surface area contributed by atoms with Crippen LogP contribution in [0, 0.1) is 0 Å². The number of tetrazole rings is 1. The third-order valence-corrected chi connectivity index (χ3v) is 3.00. The molecule has 2 aromatic carbocycles. The van der Waals surface area contributed by atoms with Crippen molar-refractivity contribution in [2.24, 2.45) is 0 Å². The van der Waals surface area contributed by atoms with Crippen molar-refractivity contribution in [2.75, 3.05) is 11.1 Å². The zero-order valence-corrected chi connectivity index (χ0v) is 11.7. The topological polar surface area (TPSA) is 98.7 Å². The summed E-state index contributed by atoms with van der Waals surface area (Å²) in [5.41, 5.74) is 7.70. The SMILES string of the molecule is Nc1ccccc1NC(=O)Cn1nnc(-c2ccccc2)n1. The Morgan fingerprint density at radius 2 is 1.82 bits per heavy atom. The van der Waals surface area contributed by atoms with E-state index in [-0.39, 0.29) is 12.5 Å². The van der Waals surface area contributed by atoms with Crippen LogP contribution >= 0.6 is 0 Å². The summed E-state index contributed by atoms with van der Waals surface area (Å²) < 4.78 is 0. The van der Waals surface area contributed by atoms with Gasteiger partial charge in [-0.2, -0.15) is 4.80 Å². The van der Waals surface area contributed by atoms with E-state index in [0.717, 1.165) is 5.56 Å². The number of anilines is 2. The van der Waals surface area contributed by atoms with Gasteiger partial charge in [0.2, 0.25) is 11.7 Å². The zero-order valence-electron chi connectivity index (χ0n) is 11.7. The molecule has 3 rings (SSSR count). The highest BCUT2D eigenvalue weighted by Crippen LogP contribution is 2.16. The molecule has 7 nitrogen and oxygen atoms in total. The highest BCUT2D eigenvalue weighted by atomic mass is 16.2. The first-order valence-electron chi connectivity index (χ1n) is 6.70. The minimum Gasteiger partial charge on any atom is -0.397 e. The molecular weight excluding hydrogens is 280 g/mol. The number of nitrogens with one attached hydrogen (secondary N) is 1. The lowest BCUT2D eigenvalue weighted by Crippen LogP contribution is -2.21. The van der Waals surface area contributed by atoms with Gasteiger partial charge in [-0.05, 0) is 17.3 Å². The standard InChI is InChI=1S/C15H14N6O/c16-12-8-4-5-9-13(12)17-14(22)10-21-19-15(18-20-21)11-6-2-1-3-7-11/h1-9H,10,16H2,(H,17,22). The minimum atomic E-state index is -0.269. The number of hydrogen-bond donors (Lipinski definition) is 2. The van der Waals surface area contributed by atoms with Crippen LogP contribution < -0.4 is 11.1 Å². The van der Waals surface area contributed by atoms with Crippen molar-refractivity contribution in [3.05, 3.63) is 54.6 Å². The van der Waals surface area contributed by atoms with Crippen LogP contribution in [0.15, 0.2) is 54.6 Å². The van der Waals surface area contributed by atoms with Crippen LogP contribution in [0.2, 0.25) is 0 Å². The summed E-state index contributed by atoms with van der Waals surface area (Å²) in [6.07, 6.45) is 0. The van der Waals surface area contributed by atoms with E-state index < -0.39 is 0 Å². The number of nitrogen functional groups attached to an aromatic ring is 1. The van der Waals surface area contributed by atoms with Gasteiger partial charge in [0.15, 0.2) is 0 Å². The number of hydrogen-bond acceptors (Lipinski definition) is 5. The van der Waals surface area contributed by atoms with Crippen LogP contribution in [0.4, 0.5) is 11.4 Å². The Bertz CT molecular complexity index is 783. The van der Waals surface area contributed by atoms with E-state index in [0.29, 0.717) is 17.2 Å². The Morgan fingerprint density at radius 1 is 1.09 bits per heavy atom. The lowest BCUT2D eigenvalue weighted by molar-refractivity contribution is -0.117. The van der Waals surface area contributed by atoms with Crippen molar-refractivity contribution in [1.29, 1.82) is 0 Å². The fourth-order valence-electron chi connectivity index (χ4n) is 1.94. The summed E-state index contributed by atoms with van der Waals surface area (Å²) in [6.45, 7) is -0.0336. The van der Waals surface area contributed by atoms with Crippen LogP contribution in [-0.4, -0.2) is 26.1 Å². The number of para-hydroxylation sites is 2.